The fourth-order valence-electron chi connectivity index (χ4n) is 2.23. The SMILES string of the molecule is c1ccc(-c2nc3c(ccc4[nH]ccc43)o2)cc1. The Bertz CT molecular complexity index is 827. The predicted octanol–water partition coefficient (Wildman–Crippen LogP) is 3.98. The summed E-state index contributed by atoms with van der Waals surface area (Å²) in [6.07, 6.45) is 1.92. The molecule has 2 aromatic carbocycles. The molecule has 4 aromatic rings. The maximum absolute atomic E-state index is 5.81. The molecule has 18 heavy (non-hydrogen) atoms. The van der Waals surface area contributed by atoms with E-state index in [1.54, 1.807) is 0 Å². The number of oxazole rings is 1. The molecule has 3 heteroatoms. The number of nitrogens with one attached hydrogen (secondary N) is 1. The molecule has 0 amide bonds. The topological polar surface area (TPSA) is 41.8 Å². The zero-order chi connectivity index (χ0) is 11.9. The molecule has 4 rings (SSSR count). The minimum absolute atomic E-state index is 0.666. The van der Waals surface area contributed by atoms with Crippen molar-refractivity contribution in [2.24, 2.45) is 0 Å². The van der Waals surface area contributed by atoms with Crippen LogP contribution in [0.4, 0.5) is 0 Å². The minimum Gasteiger partial charge on any atom is -0.436 e. The van der Waals surface area contributed by atoms with Gasteiger partial charge in [-0.05, 0) is 30.3 Å². The Morgan fingerprint density at radius 2 is 1.83 bits per heavy atom. The number of hydrogen-bond donors (Lipinski definition) is 1. The van der Waals surface area contributed by atoms with Gasteiger partial charge in [0.2, 0.25) is 5.89 Å². The van der Waals surface area contributed by atoms with Gasteiger partial charge in [-0.3, -0.25) is 0 Å². The maximum Gasteiger partial charge on any atom is 0.227 e. The molecule has 0 spiro atoms. The van der Waals surface area contributed by atoms with Crippen molar-refractivity contribution in [1.82, 2.24) is 9.97 Å². The van der Waals surface area contributed by atoms with Crippen molar-refractivity contribution in [1.29, 1.82) is 0 Å². The van der Waals surface area contributed by atoms with Gasteiger partial charge in [-0.2, -0.15) is 0 Å². The summed E-state index contributed by atoms with van der Waals surface area (Å²) >= 11 is 0. The summed E-state index contributed by atoms with van der Waals surface area (Å²) in [6.45, 7) is 0. The van der Waals surface area contributed by atoms with Gasteiger partial charge < -0.3 is 9.40 Å². The highest BCUT2D eigenvalue weighted by molar-refractivity contribution is 6.02. The van der Waals surface area contributed by atoms with E-state index in [1.165, 1.54) is 0 Å². The lowest BCUT2D eigenvalue weighted by Gasteiger charge is -1.91. The molecule has 0 atom stereocenters. The molecular weight excluding hydrogens is 224 g/mol. The average molecular weight is 234 g/mol. The molecule has 0 aliphatic rings. The highest BCUT2D eigenvalue weighted by Crippen LogP contribution is 2.28. The van der Waals surface area contributed by atoms with E-state index in [9.17, 15) is 0 Å². The molecule has 0 aliphatic carbocycles. The predicted molar refractivity (Wildman–Crippen MR) is 71.3 cm³/mol. The molecule has 0 saturated carbocycles. The first-order valence-corrected chi connectivity index (χ1v) is 5.84. The number of fused-ring (bicyclic) bond motifs is 3. The maximum atomic E-state index is 5.81. The van der Waals surface area contributed by atoms with Crippen LogP contribution in [0.1, 0.15) is 0 Å². The molecule has 0 bridgehead atoms. The molecule has 0 radical (unpaired) electrons. The largest absolute Gasteiger partial charge is 0.436 e. The lowest BCUT2D eigenvalue weighted by Crippen LogP contribution is -1.75. The van der Waals surface area contributed by atoms with Crippen molar-refractivity contribution in [3.63, 3.8) is 0 Å². The Balaban J connectivity index is 2.04. The number of aromatic amines is 1. The van der Waals surface area contributed by atoms with Gasteiger partial charge in [0.05, 0.1) is 0 Å². The van der Waals surface area contributed by atoms with Crippen LogP contribution in [0, 0.1) is 0 Å². The second kappa shape index (κ2) is 3.47. The van der Waals surface area contributed by atoms with Gasteiger partial charge in [0, 0.05) is 22.7 Å². The highest BCUT2D eigenvalue weighted by Gasteiger charge is 2.10. The fourth-order valence-corrected chi connectivity index (χ4v) is 2.23. The van der Waals surface area contributed by atoms with Crippen molar-refractivity contribution in [2.75, 3.05) is 0 Å². The first kappa shape index (κ1) is 9.48. The second-order valence-electron chi connectivity index (χ2n) is 4.24. The van der Waals surface area contributed by atoms with E-state index >= 15 is 0 Å². The smallest absolute Gasteiger partial charge is 0.227 e. The quantitative estimate of drug-likeness (QED) is 0.541. The first-order valence-electron chi connectivity index (χ1n) is 5.84. The van der Waals surface area contributed by atoms with Crippen LogP contribution in [-0.2, 0) is 0 Å². The third kappa shape index (κ3) is 1.27. The number of rotatable bonds is 1. The summed E-state index contributed by atoms with van der Waals surface area (Å²) in [5.41, 5.74) is 3.81. The lowest BCUT2D eigenvalue weighted by molar-refractivity contribution is 0.620. The minimum atomic E-state index is 0.666. The molecule has 86 valence electrons. The van der Waals surface area contributed by atoms with Crippen molar-refractivity contribution >= 4 is 22.0 Å². The van der Waals surface area contributed by atoms with Gasteiger partial charge in [-0.1, -0.05) is 18.2 Å². The number of benzene rings is 2. The Morgan fingerprint density at radius 3 is 2.72 bits per heavy atom. The summed E-state index contributed by atoms with van der Waals surface area (Å²) < 4.78 is 5.81. The molecule has 0 saturated heterocycles. The van der Waals surface area contributed by atoms with Crippen LogP contribution in [-0.4, -0.2) is 9.97 Å². The third-order valence-corrected chi connectivity index (χ3v) is 3.11. The van der Waals surface area contributed by atoms with E-state index in [0.717, 1.165) is 27.6 Å². The van der Waals surface area contributed by atoms with Gasteiger partial charge >= 0.3 is 0 Å². The lowest BCUT2D eigenvalue weighted by atomic mass is 10.2. The van der Waals surface area contributed by atoms with Crippen LogP contribution in [0.25, 0.3) is 33.5 Å². The zero-order valence-corrected chi connectivity index (χ0v) is 9.55. The van der Waals surface area contributed by atoms with E-state index in [4.69, 9.17) is 4.42 Å². The van der Waals surface area contributed by atoms with Crippen molar-refractivity contribution in [3.8, 4) is 11.5 Å². The molecular formula is C15H10N2O. The first-order chi connectivity index (χ1) is 8.92. The molecule has 2 aromatic heterocycles. The summed E-state index contributed by atoms with van der Waals surface area (Å²) in [5.74, 6) is 0.666. The molecule has 0 unspecified atom stereocenters. The van der Waals surface area contributed by atoms with E-state index in [2.05, 4.69) is 9.97 Å². The number of nitrogens with zero attached hydrogens (tertiary/aromatic N) is 1. The highest BCUT2D eigenvalue weighted by atomic mass is 16.3. The third-order valence-electron chi connectivity index (χ3n) is 3.11. The Morgan fingerprint density at radius 1 is 0.944 bits per heavy atom. The number of hydrogen-bond acceptors (Lipinski definition) is 2. The van der Waals surface area contributed by atoms with E-state index in [0.29, 0.717) is 5.89 Å². The summed E-state index contributed by atoms with van der Waals surface area (Å²) in [4.78, 5) is 7.78. The molecule has 0 fully saturated rings. The normalized spacial score (nSPS) is 11.3. The van der Waals surface area contributed by atoms with E-state index in [-0.39, 0.29) is 0 Å². The zero-order valence-electron chi connectivity index (χ0n) is 9.55. The Kier molecular flexibility index (Phi) is 1.83. The monoisotopic (exact) mass is 234 g/mol. The van der Waals surface area contributed by atoms with Crippen LogP contribution in [0.5, 0.6) is 0 Å². The van der Waals surface area contributed by atoms with Crippen molar-refractivity contribution < 1.29 is 4.42 Å². The van der Waals surface area contributed by atoms with Gasteiger partial charge in [0.15, 0.2) is 5.58 Å². The standard InChI is InChI=1S/C15H10N2O/c1-2-4-10(5-3-1)15-17-14-11-8-9-16-12(11)6-7-13(14)18-15/h1-9,16H. The summed E-state index contributed by atoms with van der Waals surface area (Å²) in [6, 6.07) is 15.9. The number of aromatic nitrogens is 2. The van der Waals surface area contributed by atoms with Crippen LogP contribution >= 0.6 is 0 Å². The van der Waals surface area contributed by atoms with Crippen LogP contribution in [0.15, 0.2) is 59.1 Å². The van der Waals surface area contributed by atoms with Crippen molar-refractivity contribution in [3.05, 3.63) is 54.7 Å². The van der Waals surface area contributed by atoms with E-state index < -0.39 is 0 Å². The molecule has 0 aliphatic heterocycles. The molecule has 1 N–H and O–H groups in total. The molecule has 3 nitrogen and oxygen atoms in total. The van der Waals surface area contributed by atoms with Gasteiger partial charge in [0.1, 0.15) is 5.52 Å². The van der Waals surface area contributed by atoms with Crippen LogP contribution in [0.2, 0.25) is 0 Å². The number of H-pyrrole nitrogens is 1. The van der Waals surface area contributed by atoms with Crippen LogP contribution < -0.4 is 0 Å². The second-order valence-corrected chi connectivity index (χ2v) is 4.24. The molecule has 2 heterocycles. The summed E-state index contributed by atoms with van der Waals surface area (Å²) in [7, 11) is 0. The average Bonchev–Trinajstić information content (AvgIpc) is 3.05. The Hall–Kier alpha value is -2.55. The van der Waals surface area contributed by atoms with Gasteiger partial charge in [-0.25, -0.2) is 4.98 Å². The van der Waals surface area contributed by atoms with Crippen LogP contribution in [0.3, 0.4) is 0 Å². The van der Waals surface area contributed by atoms with Gasteiger partial charge in [-0.15, -0.1) is 0 Å². The van der Waals surface area contributed by atoms with Gasteiger partial charge in [0.25, 0.3) is 0 Å². The summed E-state index contributed by atoms with van der Waals surface area (Å²) in [5, 5.41) is 1.10. The Labute approximate surface area is 103 Å². The van der Waals surface area contributed by atoms with Crippen molar-refractivity contribution in [2.45, 2.75) is 0 Å². The fraction of sp³-hybridized carbons (Fsp3) is 0. The van der Waals surface area contributed by atoms with E-state index in [1.807, 2.05) is 54.7 Å².